The summed E-state index contributed by atoms with van der Waals surface area (Å²) in [5.74, 6) is 2.48. The van der Waals surface area contributed by atoms with E-state index in [0.717, 1.165) is 49.5 Å². The molecule has 0 saturated heterocycles. The predicted molar refractivity (Wildman–Crippen MR) is 135 cm³/mol. The molecule has 33 heavy (non-hydrogen) atoms. The average molecular weight is 453 g/mol. The van der Waals surface area contributed by atoms with Crippen LogP contribution in [0.3, 0.4) is 0 Å². The summed E-state index contributed by atoms with van der Waals surface area (Å²) < 4.78 is 17.0. The van der Waals surface area contributed by atoms with Crippen LogP contribution in [0.25, 0.3) is 0 Å². The lowest BCUT2D eigenvalue weighted by Gasteiger charge is -2.10. The number of unbranched alkanes of at least 4 members (excludes halogenated alkanes) is 5. The highest BCUT2D eigenvalue weighted by Gasteiger charge is 2.09. The topological polar surface area (TPSA) is 44.8 Å². The van der Waals surface area contributed by atoms with Crippen molar-refractivity contribution in [2.45, 2.75) is 71.6 Å². The number of hydrogen-bond acceptors (Lipinski definition) is 4. The van der Waals surface area contributed by atoms with Gasteiger partial charge in [0.2, 0.25) is 0 Å². The summed E-state index contributed by atoms with van der Waals surface area (Å²) in [6.45, 7) is 9.67. The molecule has 0 radical (unpaired) electrons. The molecule has 0 N–H and O–H groups in total. The number of carbonyl (C=O) groups is 1. The predicted octanol–water partition coefficient (Wildman–Crippen LogP) is 8.02. The third kappa shape index (κ3) is 11.1. The van der Waals surface area contributed by atoms with Crippen LogP contribution in [0.1, 0.15) is 82.0 Å². The van der Waals surface area contributed by atoms with Crippen LogP contribution in [-0.2, 0) is 0 Å². The Balaban J connectivity index is 1.67. The van der Waals surface area contributed by atoms with Crippen molar-refractivity contribution in [3.63, 3.8) is 0 Å². The zero-order valence-corrected chi connectivity index (χ0v) is 20.4. The van der Waals surface area contributed by atoms with Gasteiger partial charge < -0.3 is 14.2 Å². The van der Waals surface area contributed by atoms with Gasteiger partial charge in [0.1, 0.15) is 17.2 Å². The second-order valence-corrected chi connectivity index (χ2v) is 8.58. The van der Waals surface area contributed by atoms with Crippen molar-refractivity contribution in [3.05, 3.63) is 66.7 Å². The quantitative estimate of drug-likeness (QED) is 0.105. The van der Waals surface area contributed by atoms with E-state index in [9.17, 15) is 4.79 Å². The Bertz CT molecular complexity index is 795. The first-order chi connectivity index (χ1) is 16.1. The van der Waals surface area contributed by atoms with Crippen molar-refractivity contribution in [2.24, 2.45) is 5.92 Å². The lowest BCUT2D eigenvalue weighted by atomic mass is 10.0. The van der Waals surface area contributed by atoms with E-state index < -0.39 is 0 Å². The van der Waals surface area contributed by atoms with Crippen LogP contribution in [-0.4, -0.2) is 19.2 Å². The first kappa shape index (κ1) is 26.5. The first-order valence-corrected chi connectivity index (χ1v) is 12.4. The highest BCUT2D eigenvalue weighted by Crippen LogP contribution is 2.20. The van der Waals surface area contributed by atoms with Gasteiger partial charge in [-0.25, -0.2) is 4.79 Å². The summed E-state index contributed by atoms with van der Waals surface area (Å²) in [6, 6.07) is 14.3. The van der Waals surface area contributed by atoms with Gasteiger partial charge in [0.05, 0.1) is 18.8 Å². The molecule has 0 bridgehead atoms. The van der Waals surface area contributed by atoms with Crippen molar-refractivity contribution in [3.8, 4) is 17.2 Å². The number of rotatable bonds is 17. The summed E-state index contributed by atoms with van der Waals surface area (Å²) >= 11 is 0. The minimum Gasteiger partial charge on any atom is -0.494 e. The monoisotopic (exact) mass is 452 g/mol. The number of allylic oxidation sites excluding steroid dienone is 1. The molecule has 0 heterocycles. The molecule has 0 aromatic heterocycles. The van der Waals surface area contributed by atoms with Crippen LogP contribution in [0.5, 0.6) is 17.2 Å². The second-order valence-electron chi connectivity index (χ2n) is 8.58. The summed E-state index contributed by atoms with van der Waals surface area (Å²) in [5, 5.41) is 0. The Morgan fingerprint density at radius 3 is 1.94 bits per heavy atom. The van der Waals surface area contributed by atoms with Gasteiger partial charge >= 0.3 is 5.97 Å². The van der Waals surface area contributed by atoms with E-state index in [-0.39, 0.29) is 5.97 Å². The standard InChI is InChI=1S/C29H40O4/c1-4-6-7-8-11-22-31-26-16-14-25(15-17-26)29(30)33-28-20-18-27(19-21-28)32-23-12-9-10-13-24(3)5-2/h4,14-21,24H,1,5-13,22-23H2,2-3H3. The minimum absolute atomic E-state index is 0.388. The third-order valence-electron chi connectivity index (χ3n) is 5.75. The molecule has 0 amide bonds. The molecule has 0 spiro atoms. The van der Waals surface area contributed by atoms with Gasteiger partial charge in [-0.05, 0) is 86.6 Å². The molecule has 0 aliphatic heterocycles. The van der Waals surface area contributed by atoms with Crippen molar-refractivity contribution in [2.75, 3.05) is 13.2 Å². The summed E-state index contributed by atoms with van der Waals surface area (Å²) in [7, 11) is 0. The van der Waals surface area contributed by atoms with E-state index in [1.165, 1.54) is 25.7 Å². The number of hydrogen-bond donors (Lipinski definition) is 0. The fourth-order valence-electron chi connectivity index (χ4n) is 3.38. The molecule has 2 aromatic rings. The van der Waals surface area contributed by atoms with Crippen LogP contribution in [0.4, 0.5) is 0 Å². The van der Waals surface area contributed by atoms with Crippen molar-refractivity contribution in [1.29, 1.82) is 0 Å². The Morgan fingerprint density at radius 1 is 0.818 bits per heavy atom. The average Bonchev–Trinajstić information content (AvgIpc) is 2.84. The SMILES string of the molecule is C=CCCCCCOc1ccc(C(=O)Oc2ccc(OCCCCCC(C)CC)cc2)cc1. The van der Waals surface area contributed by atoms with Crippen molar-refractivity contribution in [1.82, 2.24) is 0 Å². The van der Waals surface area contributed by atoms with E-state index in [0.29, 0.717) is 24.5 Å². The van der Waals surface area contributed by atoms with Crippen LogP contribution in [0, 0.1) is 5.92 Å². The van der Waals surface area contributed by atoms with Crippen LogP contribution in [0.2, 0.25) is 0 Å². The van der Waals surface area contributed by atoms with Gasteiger partial charge in [-0.2, -0.15) is 0 Å². The van der Waals surface area contributed by atoms with Gasteiger partial charge in [-0.1, -0.05) is 45.6 Å². The molecule has 1 atom stereocenters. The zero-order chi connectivity index (χ0) is 23.7. The van der Waals surface area contributed by atoms with Gasteiger partial charge in [-0.15, -0.1) is 6.58 Å². The smallest absolute Gasteiger partial charge is 0.343 e. The Labute approximate surface area is 200 Å². The summed E-state index contributed by atoms with van der Waals surface area (Å²) in [4.78, 5) is 12.4. The largest absolute Gasteiger partial charge is 0.494 e. The van der Waals surface area contributed by atoms with Gasteiger partial charge in [0, 0.05) is 0 Å². The lowest BCUT2D eigenvalue weighted by Crippen LogP contribution is -2.08. The minimum atomic E-state index is -0.388. The van der Waals surface area contributed by atoms with E-state index in [1.54, 1.807) is 36.4 Å². The van der Waals surface area contributed by atoms with E-state index in [4.69, 9.17) is 14.2 Å². The molecular weight excluding hydrogens is 412 g/mol. The van der Waals surface area contributed by atoms with E-state index in [1.807, 2.05) is 18.2 Å². The Morgan fingerprint density at radius 2 is 1.36 bits per heavy atom. The van der Waals surface area contributed by atoms with Crippen LogP contribution >= 0.6 is 0 Å². The molecule has 0 aliphatic carbocycles. The third-order valence-corrected chi connectivity index (χ3v) is 5.75. The van der Waals surface area contributed by atoms with Crippen molar-refractivity contribution >= 4 is 5.97 Å². The number of ether oxygens (including phenoxy) is 3. The first-order valence-electron chi connectivity index (χ1n) is 12.4. The zero-order valence-electron chi connectivity index (χ0n) is 20.4. The summed E-state index contributed by atoms with van der Waals surface area (Å²) in [6.07, 6.45) is 12.3. The van der Waals surface area contributed by atoms with Crippen molar-refractivity contribution < 1.29 is 19.0 Å². The van der Waals surface area contributed by atoms with Crippen LogP contribution < -0.4 is 14.2 Å². The maximum Gasteiger partial charge on any atom is 0.343 e. The lowest BCUT2D eigenvalue weighted by molar-refractivity contribution is 0.0734. The highest BCUT2D eigenvalue weighted by molar-refractivity contribution is 5.91. The number of esters is 1. The highest BCUT2D eigenvalue weighted by atomic mass is 16.5. The molecule has 2 aromatic carbocycles. The molecule has 0 aliphatic rings. The molecular formula is C29H40O4. The van der Waals surface area contributed by atoms with E-state index in [2.05, 4.69) is 20.4 Å². The van der Waals surface area contributed by atoms with Gasteiger partial charge in [-0.3, -0.25) is 0 Å². The Hall–Kier alpha value is -2.75. The molecule has 4 heteroatoms. The number of carbonyl (C=O) groups excluding carboxylic acids is 1. The molecule has 1 unspecified atom stereocenters. The second kappa shape index (κ2) is 16.0. The van der Waals surface area contributed by atoms with Gasteiger partial charge in [0.15, 0.2) is 0 Å². The maximum absolute atomic E-state index is 12.4. The molecule has 0 saturated carbocycles. The molecule has 4 nitrogen and oxygen atoms in total. The fraction of sp³-hybridized carbons (Fsp3) is 0.483. The summed E-state index contributed by atoms with van der Waals surface area (Å²) in [5.41, 5.74) is 0.492. The molecule has 180 valence electrons. The normalized spacial score (nSPS) is 11.6. The van der Waals surface area contributed by atoms with Gasteiger partial charge in [0.25, 0.3) is 0 Å². The maximum atomic E-state index is 12.4. The Kier molecular flexibility index (Phi) is 12.8. The molecule has 2 rings (SSSR count). The fourth-order valence-corrected chi connectivity index (χ4v) is 3.38. The van der Waals surface area contributed by atoms with Crippen LogP contribution in [0.15, 0.2) is 61.2 Å². The number of benzene rings is 2. The molecule has 0 fully saturated rings. The van der Waals surface area contributed by atoms with E-state index >= 15 is 0 Å².